The number of hydrogen-bond donors (Lipinski definition) is 1. The van der Waals surface area contributed by atoms with E-state index in [0.717, 1.165) is 35.4 Å². The molecule has 1 atom stereocenters. The molecule has 2 aromatic carbocycles. The molecule has 1 amide bonds. The zero-order valence-corrected chi connectivity index (χ0v) is 18.2. The number of fused-ring (bicyclic) bond motifs is 1. The molecule has 4 aromatic rings. The molecule has 8 nitrogen and oxygen atoms in total. The van der Waals surface area contributed by atoms with Crippen LogP contribution in [0.4, 0.5) is 0 Å². The molecule has 1 aliphatic rings. The molecule has 0 saturated carbocycles. The number of aromatic amines is 1. The van der Waals surface area contributed by atoms with Crippen molar-refractivity contribution in [2.24, 2.45) is 0 Å². The zero-order chi connectivity index (χ0) is 22.6. The van der Waals surface area contributed by atoms with E-state index < -0.39 is 0 Å². The smallest absolute Gasteiger partial charge is 0.274 e. The summed E-state index contributed by atoms with van der Waals surface area (Å²) in [6.07, 6.45) is 1.85. The van der Waals surface area contributed by atoms with Gasteiger partial charge in [-0.1, -0.05) is 30.3 Å². The third-order valence-corrected chi connectivity index (χ3v) is 5.90. The Morgan fingerprint density at radius 1 is 1.06 bits per heavy atom. The van der Waals surface area contributed by atoms with Crippen LogP contribution in [0.25, 0.3) is 11.0 Å². The van der Waals surface area contributed by atoms with Gasteiger partial charge in [0.2, 0.25) is 0 Å². The van der Waals surface area contributed by atoms with E-state index in [1.54, 1.807) is 4.90 Å². The van der Waals surface area contributed by atoms with Crippen LogP contribution in [0.1, 0.15) is 35.1 Å². The Morgan fingerprint density at radius 3 is 2.73 bits per heavy atom. The molecule has 1 saturated heterocycles. The lowest BCUT2D eigenvalue weighted by Gasteiger charge is -2.31. The van der Waals surface area contributed by atoms with Gasteiger partial charge in [0, 0.05) is 25.1 Å². The number of aromatic nitrogens is 4. The van der Waals surface area contributed by atoms with E-state index >= 15 is 0 Å². The first-order valence-electron chi connectivity index (χ1n) is 11.2. The summed E-state index contributed by atoms with van der Waals surface area (Å²) in [5, 5.41) is 4.32. The number of benzene rings is 2. The van der Waals surface area contributed by atoms with E-state index in [1.165, 1.54) is 16.8 Å². The average Bonchev–Trinajstić information content (AvgIpc) is 3.30. The number of carbonyl (C=O) groups excluding carboxylic acids is 1. The molecule has 5 rings (SSSR count). The molecule has 0 bridgehead atoms. The Morgan fingerprint density at radius 2 is 1.88 bits per heavy atom. The molecule has 33 heavy (non-hydrogen) atoms. The van der Waals surface area contributed by atoms with Gasteiger partial charge in [-0.2, -0.15) is 5.10 Å². The number of nitrogens with one attached hydrogen (secondary N) is 1. The number of carbonyl (C=O) groups is 1. The highest BCUT2D eigenvalue weighted by atomic mass is 16.5. The zero-order valence-electron chi connectivity index (χ0n) is 18.2. The van der Waals surface area contributed by atoms with Crippen molar-refractivity contribution in [2.75, 3.05) is 19.7 Å². The fraction of sp³-hybridized carbons (Fsp3) is 0.280. The van der Waals surface area contributed by atoms with Crippen LogP contribution < -0.4 is 10.3 Å². The normalized spacial score (nSPS) is 16.1. The lowest BCUT2D eigenvalue weighted by Crippen LogP contribution is -2.40. The molecule has 1 unspecified atom stereocenters. The molecule has 0 spiro atoms. The third kappa shape index (κ3) is 4.64. The van der Waals surface area contributed by atoms with Crippen LogP contribution in [0.15, 0.2) is 71.5 Å². The van der Waals surface area contributed by atoms with E-state index in [-0.39, 0.29) is 36.2 Å². The maximum Gasteiger partial charge on any atom is 0.274 e. The highest BCUT2D eigenvalue weighted by molar-refractivity contribution is 5.92. The second-order valence-electron chi connectivity index (χ2n) is 8.17. The minimum Gasteiger partial charge on any atom is -0.492 e. The van der Waals surface area contributed by atoms with Gasteiger partial charge in [-0.15, -0.1) is 0 Å². The average molecular weight is 444 g/mol. The van der Waals surface area contributed by atoms with Crippen LogP contribution >= 0.6 is 0 Å². The summed E-state index contributed by atoms with van der Waals surface area (Å²) in [6.45, 7) is 1.77. The van der Waals surface area contributed by atoms with Gasteiger partial charge in [-0.05, 0) is 43.2 Å². The summed E-state index contributed by atoms with van der Waals surface area (Å²) in [5.41, 5.74) is 1.94. The highest BCUT2D eigenvalue weighted by Crippen LogP contribution is 2.27. The Kier molecular flexibility index (Phi) is 5.89. The van der Waals surface area contributed by atoms with Gasteiger partial charge < -0.3 is 14.6 Å². The first kappa shape index (κ1) is 20.9. The lowest BCUT2D eigenvalue weighted by atomic mass is 9.97. The van der Waals surface area contributed by atoms with Gasteiger partial charge in [0.15, 0.2) is 0 Å². The molecule has 8 heteroatoms. The molecule has 3 heterocycles. The molecule has 1 fully saturated rings. The van der Waals surface area contributed by atoms with Gasteiger partial charge in [-0.3, -0.25) is 9.59 Å². The van der Waals surface area contributed by atoms with Gasteiger partial charge in [0.1, 0.15) is 23.9 Å². The van der Waals surface area contributed by atoms with Crippen LogP contribution in [0, 0.1) is 0 Å². The van der Waals surface area contributed by atoms with Gasteiger partial charge in [-0.25, -0.2) is 9.67 Å². The number of rotatable bonds is 6. The quantitative estimate of drug-likeness (QED) is 0.494. The summed E-state index contributed by atoms with van der Waals surface area (Å²) in [5.74, 6) is 1.60. The van der Waals surface area contributed by atoms with Gasteiger partial charge in [0.25, 0.3) is 11.5 Å². The van der Waals surface area contributed by atoms with Crippen molar-refractivity contribution in [2.45, 2.75) is 25.3 Å². The number of likely N-dealkylation sites (tertiary alicyclic amines) is 1. The maximum absolute atomic E-state index is 13.2. The van der Waals surface area contributed by atoms with Crippen LogP contribution in [0.3, 0.4) is 0 Å². The van der Waals surface area contributed by atoms with Crippen LogP contribution in [0.2, 0.25) is 0 Å². The Hall–Kier alpha value is -3.94. The standard InChI is InChI=1S/C25H25N5O3/c31-23-13-12-22(28-30(23)15-16-33-19-8-2-1-3-9-19)25(32)29-14-6-7-18(17-29)24-26-20-10-4-5-11-21(20)27-24/h1-5,8-13,18H,6-7,14-17H2,(H,26,27). The summed E-state index contributed by atoms with van der Waals surface area (Å²) in [4.78, 5) is 35.4. The van der Waals surface area contributed by atoms with Crippen molar-refractivity contribution in [3.8, 4) is 5.75 Å². The monoisotopic (exact) mass is 443 g/mol. The second-order valence-corrected chi connectivity index (χ2v) is 8.17. The van der Waals surface area contributed by atoms with Gasteiger partial charge >= 0.3 is 0 Å². The number of para-hydroxylation sites is 3. The van der Waals surface area contributed by atoms with Crippen molar-refractivity contribution >= 4 is 16.9 Å². The van der Waals surface area contributed by atoms with E-state index in [4.69, 9.17) is 9.72 Å². The van der Waals surface area contributed by atoms with E-state index in [0.29, 0.717) is 13.1 Å². The first-order valence-corrected chi connectivity index (χ1v) is 11.2. The second kappa shape index (κ2) is 9.28. The van der Waals surface area contributed by atoms with Crippen molar-refractivity contribution in [1.82, 2.24) is 24.6 Å². The maximum atomic E-state index is 13.2. The van der Waals surface area contributed by atoms with Crippen molar-refractivity contribution in [3.63, 3.8) is 0 Å². The fourth-order valence-corrected chi connectivity index (χ4v) is 4.20. The lowest BCUT2D eigenvalue weighted by molar-refractivity contribution is 0.0695. The number of hydrogen-bond acceptors (Lipinski definition) is 5. The molecule has 0 radical (unpaired) electrons. The third-order valence-electron chi connectivity index (χ3n) is 5.90. The van der Waals surface area contributed by atoms with Gasteiger partial charge in [0.05, 0.1) is 17.6 Å². The van der Waals surface area contributed by atoms with Crippen molar-refractivity contribution < 1.29 is 9.53 Å². The van der Waals surface area contributed by atoms with E-state index in [2.05, 4.69) is 10.1 Å². The topological polar surface area (TPSA) is 93.1 Å². The van der Waals surface area contributed by atoms with Crippen LogP contribution in [-0.4, -0.2) is 50.3 Å². The fourth-order valence-electron chi connectivity index (χ4n) is 4.20. The molecule has 168 valence electrons. The van der Waals surface area contributed by atoms with Crippen LogP contribution in [-0.2, 0) is 6.54 Å². The summed E-state index contributed by atoms with van der Waals surface area (Å²) < 4.78 is 6.95. The number of H-pyrrole nitrogens is 1. The molecule has 1 N–H and O–H groups in total. The van der Waals surface area contributed by atoms with Crippen LogP contribution in [0.5, 0.6) is 5.75 Å². The number of piperidine rings is 1. The SMILES string of the molecule is O=C(c1ccc(=O)n(CCOc2ccccc2)n1)N1CCCC(c2nc3ccccc3[nH]2)C1. The molecular formula is C25H25N5O3. The number of imidazole rings is 1. The predicted octanol–water partition coefficient (Wildman–Crippen LogP) is 3.22. The number of ether oxygens (including phenoxy) is 1. The predicted molar refractivity (Wildman–Crippen MR) is 124 cm³/mol. The summed E-state index contributed by atoms with van der Waals surface area (Å²) in [7, 11) is 0. The Balaban J connectivity index is 1.27. The number of amides is 1. The summed E-state index contributed by atoms with van der Waals surface area (Å²) in [6, 6.07) is 20.2. The molecule has 2 aromatic heterocycles. The largest absolute Gasteiger partial charge is 0.492 e. The van der Waals surface area contributed by atoms with Crippen molar-refractivity contribution in [3.05, 3.63) is 88.6 Å². The van der Waals surface area contributed by atoms with E-state index in [1.807, 2.05) is 54.6 Å². The molecule has 1 aliphatic heterocycles. The summed E-state index contributed by atoms with van der Waals surface area (Å²) >= 11 is 0. The first-order chi connectivity index (χ1) is 16.2. The van der Waals surface area contributed by atoms with E-state index in [9.17, 15) is 9.59 Å². The molecule has 0 aliphatic carbocycles. The minimum atomic E-state index is -0.262. The minimum absolute atomic E-state index is 0.139. The van der Waals surface area contributed by atoms with Crippen molar-refractivity contribution in [1.29, 1.82) is 0 Å². The molecular weight excluding hydrogens is 418 g/mol. The highest BCUT2D eigenvalue weighted by Gasteiger charge is 2.28. The Labute approximate surface area is 190 Å². The Bertz CT molecular complexity index is 1280. The number of nitrogens with zero attached hydrogens (tertiary/aromatic N) is 4.